The maximum Gasteiger partial charge on any atom is 0.125 e. The Kier molecular flexibility index (Phi) is 4.37. The first-order chi connectivity index (χ1) is 8.29. The van der Waals surface area contributed by atoms with Gasteiger partial charge < -0.3 is 10.6 Å². The molecule has 2 atom stereocenters. The SMILES string of the molecule is CCC[C@H]1CCNC[C@H]1Nc1cccc(F)c1. The molecule has 1 aliphatic heterocycles. The van der Waals surface area contributed by atoms with Gasteiger partial charge in [-0.15, -0.1) is 0 Å². The van der Waals surface area contributed by atoms with Crippen molar-refractivity contribution < 1.29 is 4.39 Å². The number of hydrogen-bond acceptors (Lipinski definition) is 2. The minimum Gasteiger partial charge on any atom is -0.381 e. The average molecular weight is 236 g/mol. The van der Waals surface area contributed by atoms with E-state index in [1.54, 1.807) is 12.1 Å². The van der Waals surface area contributed by atoms with Crippen molar-refractivity contribution in [3.8, 4) is 0 Å². The predicted molar refractivity (Wildman–Crippen MR) is 69.7 cm³/mol. The highest BCUT2D eigenvalue weighted by Crippen LogP contribution is 2.22. The zero-order valence-corrected chi connectivity index (χ0v) is 10.4. The Bertz CT molecular complexity index is 352. The third kappa shape index (κ3) is 3.43. The van der Waals surface area contributed by atoms with E-state index in [9.17, 15) is 4.39 Å². The summed E-state index contributed by atoms with van der Waals surface area (Å²) in [5, 5.41) is 6.86. The van der Waals surface area contributed by atoms with Crippen molar-refractivity contribution in [3.05, 3.63) is 30.1 Å². The molecule has 3 heteroatoms. The zero-order valence-electron chi connectivity index (χ0n) is 10.4. The highest BCUT2D eigenvalue weighted by Gasteiger charge is 2.23. The third-order valence-corrected chi connectivity index (χ3v) is 3.46. The first-order valence-corrected chi connectivity index (χ1v) is 6.52. The molecular weight excluding hydrogens is 215 g/mol. The fourth-order valence-corrected chi connectivity index (χ4v) is 2.59. The Hall–Kier alpha value is -1.09. The van der Waals surface area contributed by atoms with E-state index in [2.05, 4.69) is 17.6 Å². The van der Waals surface area contributed by atoms with Gasteiger partial charge in [0.15, 0.2) is 0 Å². The molecule has 0 aliphatic carbocycles. The van der Waals surface area contributed by atoms with Crippen LogP contribution < -0.4 is 10.6 Å². The molecule has 2 N–H and O–H groups in total. The summed E-state index contributed by atoms with van der Waals surface area (Å²) in [5.41, 5.74) is 0.889. The summed E-state index contributed by atoms with van der Waals surface area (Å²) in [6.45, 7) is 4.30. The van der Waals surface area contributed by atoms with Crippen molar-refractivity contribution in [2.75, 3.05) is 18.4 Å². The number of anilines is 1. The number of hydrogen-bond donors (Lipinski definition) is 2. The van der Waals surface area contributed by atoms with Crippen LogP contribution in [0.3, 0.4) is 0 Å². The fraction of sp³-hybridized carbons (Fsp3) is 0.571. The molecule has 1 saturated heterocycles. The van der Waals surface area contributed by atoms with Crippen LogP contribution in [0.2, 0.25) is 0 Å². The molecule has 1 aliphatic rings. The third-order valence-electron chi connectivity index (χ3n) is 3.46. The van der Waals surface area contributed by atoms with Crippen molar-refractivity contribution in [1.82, 2.24) is 5.32 Å². The molecule has 94 valence electrons. The van der Waals surface area contributed by atoms with Gasteiger partial charge in [0.05, 0.1) is 0 Å². The van der Waals surface area contributed by atoms with E-state index in [1.807, 2.05) is 6.07 Å². The van der Waals surface area contributed by atoms with Gasteiger partial charge in [-0.25, -0.2) is 4.39 Å². The molecule has 2 nitrogen and oxygen atoms in total. The molecule has 0 unspecified atom stereocenters. The molecule has 0 aromatic heterocycles. The molecule has 1 heterocycles. The molecule has 17 heavy (non-hydrogen) atoms. The summed E-state index contributed by atoms with van der Waals surface area (Å²) in [6, 6.07) is 7.15. The lowest BCUT2D eigenvalue weighted by Crippen LogP contribution is -2.45. The normalized spacial score (nSPS) is 24.6. The van der Waals surface area contributed by atoms with Crippen LogP contribution >= 0.6 is 0 Å². The van der Waals surface area contributed by atoms with Gasteiger partial charge in [-0.3, -0.25) is 0 Å². The van der Waals surface area contributed by atoms with Crippen molar-refractivity contribution in [1.29, 1.82) is 0 Å². The van der Waals surface area contributed by atoms with E-state index in [-0.39, 0.29) is 5.82 Å². The van der Waals surface area contributed by atoms with Crippen molar-refractivity contribution in [2.24, 2.45) is 5.92 Å². The molecule has 1 fully saturated rings. The minimum absolute atomic E-state index is 0.175. The lowest BCUT2D eigenvalue weighted by atomic mass is 9.88. The average Bonchev–Trinajstić information content (AvgIpc) is 2.32. The molecule has 1 aromatic rings. The van der Waals surface area contributed by atoms with Gasteiger partial charge in [0.1, 0.15) is 5.82 Å². The van der Waals surface area contributed by atoms with E-state index in [0.29, 0.717) is 12.0 Å². The number of piperidine rings is 1. The van der Waals surface area contributed by atoms with E-state index < -0.39 is 0 Å². The van der Waals surface area contributed by atoms with Gasteiger partial charge in [-0.1, -0.05) is 19.4 Å². The monoisotopic (exact) mass is 236 g/mol. The first kappa shape index (κ1) is 12.4. The van der Waals surface area contributed by atoms with Crippen LogP contribution in [-0.2, 0) is 0 Å². The Morgan fingerprint density at radius 1 is 1.47 bits per heavy atom. The van der Waals surface area contributed by atoms with E-state index in [0.717, 1.165) is 18.8 Å². The van der Waals surface area contributed by atoms with Gasteiger partial charge in [0.25, 0.3) is 0 Å². The van der Waals surface area contributed by atoms with Crippen LogP contribution in [0.4, 0.5) is 10.1 Å². The number of benzene rings is 1. The Labute approximate surface area is 103 Å². The molecular formula is C14H21FN2. The zero-order chi connectivity index (χ0) is 12.1. The highest BCUT2D eigenvalue weighted by atomic mass is 19.1. The topological polar surface area (TPSA) is 24.1 Å². The number of rotatable bonds is 4. The van der Waals surface area contributed by atoms with Crippen molar-refractivity contribution >= 4 is 5.69 Å². The summed E-state index contributed by atoms with van der Waals surface area (Å²) in [6.07, 6.45) is 3.67. The van der Waals surface area contributed by atoms with E-state index in [1.165, 1.54) is 25.3 Å². The van der Waals surface area contributed by atoms with Gasteiger partial charge in [-0.05, 0) is 43.5 Å². The van der Waals surface area contributed by atoms with Gasteiger partial charge in [-0.2, -0.15) is 0 Å². The number of halogens is 1. The quantitative estimate of drug-likeness (QED) is 0.839. The molecule has 0 spiro atoms. The van der Waals surface area contributed by atoms with E-state index in [4.69, 9.17) is 0 Å². The summed E-state index contributed by atoms with van der Waals surface area (Å²) >= 11 is 0. The maximum atomic E-state index is 13.1. The van der Waals surface area contributed by atoms with Crippen LogP contribution in [-0.4, -0.2) is 19.1 Å². The largest absolute Gasteiger partial charge is 0.381 e. The van der Waals surface area contributed by atoms with Crippen LogP contribution in [0.1, 0.15) is 26.2 Å². The van der Waals surface area contributed by atoms with Gasteiger partial charge >= 0.3 is 0 Å². The number of nitrogens with one attached hydrogen (secondary N) is 2. The van der Waals surface area contributed by atoms with Crippen LogP contribution in [0.5, 0.6) is 0 Å². The molecule has 0 radical (unpaired) electrons. The molecule has 0 saturated carbocycles. The summed E-state index contributed by atoms with van der Waals surface area (Å²) < 4.78 is 13.1. The van der Waals surface area contributed by atoms with Gasteiger partial charge in [0, 0.05) is 18.3 Å². The Balaban J connectivity index is 2.00. The first-order valence-electron chi connectivity index (χ1n) is 6.52. The molecule has 0 bridgehead atoms. The second-order valence-corrected chi connectivity index (χ2v) is 4.80. The Morgan fingerprint density at radius 2 is 2.35 bits per heavy atom. The maximum absolute atomic E-state index is 13.1. The Morgan fingerprint density at radius 3 is 3.12 bits per heavy atom. The summed E-state index contributed by atoms with van der Waals surface area (Å²) in [5.74, 6) is 0.523. The lowest BCUT2D eigenvalue weighted by molar-refractivity contribution is 0.321. The lowest BCUT2D eigenvalue weighted by Gasteiger charge is -2.33. The highest BCUT2D eigenvalue weighted by molar-refractivity contribution is 5.44. The second kappa shape index (κ2) is 6.01. The summed E-state index contributed by atoms with van der Waals surface area (Å²) in [7, 11) is 0. The van der Waals surface area contributed by atoms with Crippen molar-refractivity contribution in [3.63, 3.8) is 0 Å². The standard InChI is InChI=1S/C14H21FN2/c1-2-4-11-7-8-16-10-14(11)17-13-6-3-5-12(15)9-13/h3,5-6,9,11,14,16-17H,2,4,7-8,10H2,1H3/t11-,14+/m0/s1. The van der Waals surface area contributed by atoms with Crippen molar-refractivity contribution in [2.45, 2.75) is 32.2 Å². The fourth-order valence-electron chi connectivity index (χ4n) is 2.59. The smallest absolute Gasteiger partial charge is 0.125 e. The van der Waals surface area contributed by atoms with Gasteiger partial charge in [0.2, 0.25) is 0 Å². The summed E-state index contributed by atoms with van der Waals surface area (Å²) in [4.78, 5) is 0. The molecule has 2 rings (SSSR count). The van der Waals surface area contributed by atoms with Crippen LogP contribution in [0.25, 0.3) is 0 Å². The predicted octanol–water partition coefficient (Wildman–Crippen LogP) is 3.02. The van der Waals surface area contributed by atoms with Crippen LogP contribution in [0, 0.1) is 11.7 Å². The second-order valence-electron chi connectivity index (χ2n) is 4.80. The molecule has 1 aromatic carbocycles. The van der Waals surface area contributed by atoms with E-state index >= 15 is 0 Å². The minimum atomic E-state index is -0.175. The molecule has 0 amide bonds. The van der Waals surface area contributed by atoms with Crippen LogP contribution in [0.15, 0.2) is 24.3 Å².